The zero-order chi connectivity index (χ0) is 13.3. The lowest BCUT2D eigenvalue weighted by Gasteiger charge is -2.06. The molecule has 0 radical (unpaired) electrons. The molecule has 0 fully saturated rings. The molecule has 6 heteroatoms. The molecule has 1 aromatic heterocycles. The molecule has 2 aromatic rings. The van der Waals surface area contributed by atoms with Crippen LogP contribution in [0.4, 0.5) is 0 Å². The van der Waals surface area contributed by atoms with Crippen molar-refractivity contribution >= 4 is 5.91 Å². The van der Waals surface area contributed by atoms with E-state index in [1.165, 1.54) is 6.20 Å². The molecular weight excluding hydrogens is 232 g/mol. The smallest absolute Gasteiger partial charge is 0.271 e. The van der Waals surface area contributed by atoms with Gasteiger partial charge in [0.15, 0.2) is 11.2 Å². The van der Waals surface area contributed by atoms with Gasteiger partial charge in [0.05, 0.1) is 11.9 Å². The Bertz CT molecular complexity index is 659. The third-order valence-electron chi connectivity index (χ3n) is 2.51. The molecule has 1 amide bonds. The highest BCUT2D eigenvalue weighted by Gasteiger charge is 2.11. The zero-order valence-electron chi connectivity index (χ0n) is 9.71. The number of carbonyl (C=O) groups excluding carboxylic acids is 1. The third kappa shape index (κ3) is 2.08. The van der Waals surface area contributed by atoms with Crippen LogP contribution in [-0.2, 0) is 0 Å². The Morgan fingerprint density at radius 2 is 2.00 bits per heavy atom. The maximum atomic E-state index is 11.1. The SMILES string of the molecule is Cc1ccc(-c2cn(O)c(=N)c(C(N)=O)n2)cc1. The zero-order valence-corrected chi connectivity index (χ0v) is 9.71. The summed E-state index contributed by atoms with van der Waals surface area (Å²) in [5.41, 5.74) is 6.60. The van der Waals surface area contributed by atoms with Crippen molar-refractivity contribution in [2.75, 3.05) is 0 Å². The highest BCUT2D eigenvalue weighted by Crippen LogP contribution is 2.16. The van der Waals surface area contributed by atoms with Crippen LogP contribution in [0.5, 0.6) is 0 Å². The van der Waals surface area contributed by atoms with Crippen molar-refractivity contribution in [2.24, 2.45) is 5.73 Å². The van der Waals surface area contributed by atoms with E-state index in [9.17, 15) is 10.0 Å². The maximum absolute atomic E-state index is 11.1. The van der Waals surface area contributed by atoms with Crippen molar-refractivity contribution in [1.29, 1.82) is 5.41 Å². The van der Waals surface area contributed by atoms with Crippen LogP contribution in [0.2, 0.25) is 0 Å². The monoisotopic (exact) mass is 244 g/mol. The number of amides is 1. The average molecular weight is 244 g/mol. The fraction of sp³-hybridized carbons (Fsp3) is 0.0833. The Balaban J connectivity index is 2.62. The summed E-state index contributed by atoms with van der Waals surface area (Å²) in [7, 11) is 0. The lowest BCUT2D eigenvalue weighted by atomic mass is 10.1. The van der Waals surface area contributed by atoms with E-state index in [0.717, 1.165) is 11.1 Å². The Hall–Kier alpha value is -2.63. The molecule has 0 saturated carbocycles. The first kappa shape index (κ1) is 11.8. The molecule has 0 aliphatic carbocycles. The van der Waals surface area contributed by atoms with Gasteiger partial charge >= 0.3 is 0 Å². The second kappa shape index (κ2) is 4.33. The van der Waals surface area contributed by atoms with Gasteiger partial charge in [-0.1, -0.05) is 29.8 Å². The molecule has 0 aliphatic heterocycles. The van der Waals surface area contributed by atoms with Crippen molar-refractivity contribution < 1.29 is 10.0 Å². The van der Waals surface area contributed by atoms with Crippen LogP contribution >= 0.6 is 0 Å². The van der Waals surface area contributed by atoms with Gasteiger partial charge in [-0.3, -0.25) is 10.2 Å². The van der Waals surface area contributed by atoms with E-state index in [2.05, 4.69) is 4.98 Å². The van der Waals surface area contributed by atoms with Crippen molar-refractivity contribution in [1.82, 2.24) is 9.71 Å². The number of aryl methyl sites for hydroxylation is 1. The highest BCUT2D eigenvalue weighted by atomic mass is 16.5. The molecule has 18 heavy (non-hydrogen) atoms. The van der Waals surface area contributed by atoms with Crippen LogP contribution in [0.15, 0.2) is 30.5 Å². The molecule has 0 aliphatic rings. The highest BCUT2D eigenvalue weighted by molar-refractivity contribution is 5.90. The van der Waals surface area contributed by atoms with E-state index in [1.54, 1.807) is 0 Å². The number of rotatable bonds is 2. The van der Waals surface area contributed by atoms with Crippen molar-refractivity contribution in [2.45, 2.75) is 6.92 Å². The first-order valence-corrected chi connectivity index (χ1v) is 5.23. The second-order valence-electron chi connectivity index (χ2n) is 3.90. The molecule has 0 saturated heterocycles. The van der Waals surface area contributed by atoms with E-state index in [4.69, 9.17) is 11.1 Å². The summed E-state index contributed by atoms with van der Waals surface area (Å²) >= 11 is 0. The van der Waals surface area contributed by atoms with E-state index < -0.39 is 11.4 Å². The Kier molecular flexibility index (Phi) is 2.85. The van der Waals surface area contributed by atoms with Crippen LogP contribution in [0, 0.1) is 12.3 Å². The predicted octanol–water partition coefficient (Wildman–Crippen LogP) is 0.674. The number of nitrogens with zero attached hydrogens (tertiary/aromatic N) is 2. The van der Waals surface area contributed by atoms with E-state index in [0.29, 0.717) is 10.4 Å². The van der Waals surface area contributed by atoms with Crippen LogP contribution < -0.4 is 11.2 Å². The van der Waals surface area contributed by atoms with Gasteiger partial charge in [-0.05, 0) is 6.92 Å². The molecule has 92 valence electrons. The fourth-order valence-electron chi connectivity index (χ4n) is 1.53. The molecule has 0 unspecified atom stereocenters. The van der Waals surface area contributed by atoms with Crippen LogP contribution in [0.3, 0.4) is 0 Å². The first-order valence-electron chi connectivity index (χ1n) is 5.23. The number of hydrogen-bond acceptors (Lipinski definition) is 4. The van der Waals surface area contributed by atoms with Gasteiger partial charge in [0.2, 0.25) is 0 Å². The van der Waals surface area contributed by atoms with Gasteiger partial charge in [0.1, 0.15) is 0 Å². The number of carbonyl (C=O) groups is 1. The molecule has 6 nitrogen and oxygen atoms in total. The van der Waals surface area contributed by atoms with Crippen LogP contribution in [-0.4, -0.2) is 20.8 Å². The van der Waals surface area contributed by atoms with E-state index in [1.807, 2.05) is 31.2 Å². The molecule has 4 N–H and O–H groups in total. The molecule has 0 atom stereocenters. The molecule has 2 rings (SSSR count). The Labute approximate surface area is 103 Å². The second-order valence-corrected chi connectivity index (χ2v) is 3.90. The molecule has 1 aromatic carbocycles. The summed E-state index contributed by atoms with van der Waals surface area (Å²) in [6, 6.07) is 7.40. The third-order valence-corrected chi connectivity index (χ3v) is 2.51. The number of primary amides is 1. The number of hydrogen-bond donors (Lipinski definition) is 3. The number of aromatic nitrogens is 2. The average Bonchev–Trinajstić information content (AvgIpc) is 2.33. The van der Waals surface area contributed by atoms with Crippen molar-refractivity contribution in [3.63, 3.8) is 0 Å². The summed E-state index contributed by atoms with van der Waals surface area (Å²) in [6.45, 7) is 1.95. The summed E-state index contributed by atoms with van der Waals surface area (Å²) in [4.78, 5) is 15.1. The summed E-state index contributed by atoms with van der Waals surface area (Å²) in [5, 5.41) is 17.0. The lowest BCUT2D eigenvalue weighted by molar-refractivity contribution is 0.0983. The molecule has 1 heterocycles. The minimum Gasteiger partial charge on any atom is -0.427 e. The van der Waals surface area contributed by atoms with Gasteiger partial charge in [-0.2, -0.15) is 4.73 Å². The van der Waals surface area contributed by atoms with Crippen LogP contribution in [0.1, 0.15) is 16.1 Å². The number of nitrogens with two attached hydrogens (primary N) is 1. The molecule has 0 spiro atoms. The minimum absolute atomic E-state index is 0.268. The topological polar surface area (TPSA) is 105 Å². The van der Waals surface area contributed by atoms with Gasteiger partial charge in [0, 0.05) is 5.56 Å². The number of benzene rings is 1. The predicted molar refractivity (Wildman–Crippen MR) is 64.0 cm³/mol. The van der Waals surface area contributed by atoms with Crippen molar-refractivity contribution in [3.8, 4) is 11.3 Å². The van der Waals surface area contributed by atoms with Gasteiger partial charge in [-0.25, -0.2) is 4.98 Å². The largest absolute Gasteiger partial charge is 0.427 e. The Morgan fingerprint density at radius 3 is 2.56 bits per heavy atom. The van der Waals surface area contributed by atoms with E-state index >= 15 is 0 Å². The standard InChI is InChI=1S/C12H12N4O2/c1-7-2-4-8(5-3-7)9-6-16(18)11(13)10(15-9)12(14)17/h2-6,13,18H,1H3,(H2,14,17). The maximum Gasteiger partial charge on any atom is 0.271 e. The summed E-state index contributed by atoms with van der Waals surface area (Å²) in [5.74, 6) is -0.850. The van der Waals surface area contributed by atoms with E-state index in [-0.39, 0.29) is 5.69 Å². The fourth-order valence-corrected chi connectivity index (χ4v) is 1.53. The quantitative estimate of drug-likeness (QED) is 0.676. The molecule has 0 bridgehead atoms. The summed E-state index contributed by atoms with van der Waals surface area (Å²) < 4.78 is 0.530. The number of nitrogens with one attached hydrogen (secondary N) is 1. The van der Waals surface area contributed by atoms with Gasteiger partial charge in [-0.15, -0.1) is 0 Å². The first-order chi connectivity index (χ1) is 8.49. The molecular formula is C12H12N4O2. The van der Waals surface area contributed by atoms with Gasteiger partial charge < -0.3 is 10.9 Å². The Morgan fingerprint density at radius 1 is 1.39 bits per heavy atom. The van der Waals surface area contributed by atoms with Crippen LogP contribution in [0.25, 0.3) is 11.3 Å². The normalized spacial score (nSPS) is 10.3. The minimum atomic E-state index is -0.850. The van der Waals surface area contributed by atoms with Crippen molar-refractivity contribution in [3.05, 3.63) is 47.2 Å². The van der Waals surface area contributed by atoms with Gasteiger partial charge in [0.25, 0.3) is 5.91 Å². The lowest BCUT2D eigenvalue weighted by Crippen LogP contribution is -2.30. The summed E-state index contributed by atoms with van der Waals surface area (Å²) in [6.07, 6.45) is 1.26.